The zero-order chi connectivity index (χ0) is 16.0. The quantitative estimate of drug-likeness (QED) is 0.744. The lowest BCUT2D eigenvalue weighted by atomic mass is 10.1. The molecule has 0 saturated carbocycles. The molecule has 116 valence electrons. The molecule has 0 aromatic heterocycles. The average Bonchev–Trinajstić information content (AvgIpc) is 2.42. The maximum absolute atomic E-state index is 13.5. The maximum Gasteiger partial charge on any atom is 0.334 e. The van der Waals surface area contributed by atoms with E-state index in [2.05, 4.69) is 15.4 Å². The van der Waals surface area contributed by atoms with Gasteiger partial charge in [-0.05, 0) is 31.0 Å². The van der Waals surface area contributed by atoms with Crippen molar-refractivity contribution < 1.29 is 23.8 Å². The molecule has 0 aliphatic carbocycles. The van der Waals surface area contributed by atoms with E-state index in [0.717, 1.165) is 0 Å². The predicted molar refractivity (Wildman–Crippen MR) is 74.5 cm³/mol. The third-order valence-corrected chi connectivity index (χ3v) is 3.05. The van der Waals surface area contributed by atoms with Crippen LogP contribution in [0.2, 0.25) is 0 Å². The first-order chi connectivity index (χ1) is 9.85. The maximum atomic E-state index is 13.5. The number of carbonyl (C=O) groups is 2. The number of hydrogen-bond acceptors (Lipinski definition) is 3. The molecule has 1 aromatic carbocycles. The zero-order valence-corrected chi connectivity index (χ0v) is 12.1. The van der Waals surface area contributed by atoms with Crippen LogP contribution in [-0.2, 0) is 9.53 Å². The normalized spacial score (nSPS) is 13.3. The van der Waals surface area contributed by atoms with Crippen molar-refractivity contribution in [2.75, 3.05) is 13.7 Å². The van der Waals surface area contributed by atoms with Gasteiger partial charge in [0.25, 0.3) is 0 Å². The number of rotatable bonds is 6. The highest BCUT2D eigenvalue weighted by atomic mass is 19.1. The molecule has 21 heavy (non-hydrogen) atoms. The Kier molecular flexibility index (Phi) is 6.10. The number of amides is 2. The summed E-state index contributed by atoms with van der Waals surface area (Å²) in [7, 11) is 1.25. The van der Waals surface area contributed by atoms with Crippen molar-refractivity contribution in [1.82, 2.24) is 10.6 Å². The Hall–Kier alpha value is -2.15. The van der Waals surface area contributed by atoms with Crippen LogP contribution in [0.15, 0.2) is 18.2 Å². The second-order valence-electron chi connectivity index (χ2n) is 4.65. The van der Waals surface area contributed by atoms with Gasteiger partial charge >= 0.3 is 12.0 Å². The molecule has 0 aliphatic rings. The van der Waals surface area contributed by atoms with E-state index in [1.807, 2.05) is 0 Å². The van der Waals surface area contributed by atoms with Crippen LogP contribution in [-0.4, -0.2) is 36.9 Å². The van der Waals surface area contributed by atoms with Crippen molar-refractivity contribution in [2.24, 2.45) is 0 Å². The molecule has 2 unspecified atom stereocenters. The lowest BCUT2D eigenvalue weighted by molar-refractivity contribution is -0.147. The van der Waals surface area contributed by atoms with E-state index in [4.69, 9.17) is 5.11 Å². The molecule has 2 amide bonds. The lowest BCUT2D eigenvalue weighted by Crippen LogP contribution is -2.43. The van der Waals surface area contributed by atoms with Gasteiger partial charge in [-0.3, -0.25) is 0 Å². The molecule has 7 heteroatoms. The van der Waals surface area contributed by atoms with Crippen LogP contribution in [0.25, 0.3) is 0 Å². The van der Waals surface area contributed by atoms with E-state index < -0.39 is 24.1 Å². The summed E-state index contributed by atoms with van der Waals surface area (Å²) >= 11 is 0. The minimum absolute atomic E-state index is 0.160. The summed E-state index contributed by atoms with van der Waals surface area (Å²) in [4.78, 5) is 22.4. The number of carboxylic acids is 1. The highest BCUT2D eigenvalue weighted by molar-refractivity contribution is 5.77. The topological polar surface area (TPSA) is 87.7 Å². The van der Waals surface area contributed by atoms with E-state index in [9.17, 15) is 14.0 Å². The molecular formula is C14H19FN2O4. The molecular weight excluding hydrogens is 279 g/mol. The number of carbonyl (C=O) groups excluding carboxylic acids is 1. The first-order valence-electron chi connectivity index (χ1n) is 6.41. The van der Waals surface area contributed by atoms with Gasteiger partial charge < -0.3 is 20.5 Å². The van der Waals surface area contributed by atoms with Crippen LogP contribution in [0.5, 0.6) is 0 Å². The van der Waals surface area contributed by atoms with E-state index in [1.54, 1.807) is 26.0 Å². The molecule has 2 atom stereocenters. The van der Waals surface area contributed by atoms with E-state index in [1.165, 1.54) is 13.2 Å². The summed E-state index contributed by atoms with van der Waals surface area (Å²) < 4.78 is 18.1. The van der Waals surface area contributed by atoms with Crippen LogP contribution in [0.1, 0.15) is 24.1 Å². The summed E-state index contributed by atoms with van der Waals surface area (Å²) in [5.74, 6) is -1.50. The summed E-state index contributed by atoms with van der Waals surface area (Å²) in [6, 6.07) is 3.75. The second kappa shape index (κ2) is 7.58. The van der Waals surface area contributed by atoms with Gasteiger partial charge in [0.05, 0.1) is 12.6 Å². The first-order valence-corrected chi connectivity index (χ1v) is 6.41. The summed E-state index contributed by atoms with van der Waals surface area (Å²) in [5, 5.41) is 13.8. The van der Waals surface area contributed by atoms with Crippen LogP contribution >= 0.6 is 0 Å². The minimum atomic E-state index is -1.16. The molecule has 0 bridgehead atoms. The Bertz CT molecular complexity index is 522. The Labute approximate surface area is 122 Å². The fourth-order valence-electron chi connectivity index (χ4n) is 1.67. The highest BCUT2D eigenvalue weighted by Gasteiger charge is 2.18. The highest BCUT2D eigenvalue weighted by Crippen LogP contribution is 2.16. The van der Waals surface area contributed by atoms with Gasteiger partial charge in [-0.2, -0.15) is 0 Å². The van der Waals surface area contributed by atoms with Crippen LogP contribution < -0.4 is 10.6 Å². The number of aryl methyl sites for hydroxylation is 1. The fraction of sp³-hybridized carbons (Fsp3) is 0.429. The monoisotopic (exact) mass is 298 g/mol. The summed E-state index contributed by atoms with van der Waals surface area (Å²) in [6.45, 7) is 3.20. The summed E-state index contributed by atoms with van der Waals surface area (Å²) in [6.07, 6.45) is -1.11. The Morgan fingerprint density at radius 3 is 2.62 bits per heavy atom. The van der Waals surface area contributed by atoms with Gasteiger partial charge in [-0.15, -0.1) is 0 Å². The van der Waals surface area contributed by atoms with Crippen molar-refractivity contribution in [2.45, 2.75) is 26.0 Å². The molecule has 0 saturated heterocycles. The Balaban J connectivity index is 2.54. The van der Waals surface area contributed by atoms with Crippen molar-refractivity contribution >= 4 is 12.0 Å². The van der Waals surface area contributed by atoms with Crippen LogP contribution in [0.4, 0.5) is 9.18 Å². The van der Waals surface area contributed by atoms with Crippen molar-refractivity contribution in [3.05, 3.63) is 35.1 Å². The number of hydrogen-bond donors (Lipinski definition) is 3. The van der Waals surface area contributed by atoms with Crippen LogP contribution in [0.3, 0.4) is 0 Å². The fourth-order valence-corrected chi connectivity index (χ4v) is 1.67. The Morgan fingerprint density at radius 2 is 2.10 bits per heavy atom. The first kappa shape index (κ1) is 16.9. The molecule has 6 nitrogen and oxygen atoms in total. The van der Waals surface area contributed by atoms with E-state index >= 15 is 0 Å². The van der Waals surface area contributed by atoms with Gasteiger partial charge in [0.15, 0.2) is 6.10 Å². The molecule has 3 N–H and O–H groups in total. The van der Waals surface area contributed by atoms with Gasteiger partial charge in [0.2, 0.25) is 0 Å². The van der Waals surface area contributed by atoms with E-state index in [-0.39, 0.29) is 12.4 Å². The number of urea groups is 1. The largest absolute Gasteiger partial charge is 0.479 e. The predicted octanol–water partition coefficient (Wildman–Crippen LogP) is 1.59. The van der Waals surface area contributed by atoms with Crippen molar-refractivity contribution in [3.63, 3.8) is 0 Å². The Morgan fingerprint density at radius 1 is 1.43 bits per heavy atom. The van der Waals surface area contributed by atoms with Crippen LogP contribution in [0, 0.1) is 12.7 Å². The number of halogens is 1. The molecule has 0 fully saturated rings. The summed E-state index contributed by atoms with van der Waals surface area (Å²) in [5.41, 5.74) is 1.15. The standard InChI is InChI=1S/C14H19FN2O4/c1-8-4-5-10(6-11(8)15)9(2)17-14(20)16-7-12(21-3)13(18)19/h4-6,9,12H,7H2,1-3H3,(H,18,19)(H2,16,17,20). The van der Waals surface area contributed by atoms with Crippen molar-refractivity contribution in [1.29, 1.82) is 0 Å². The number of ether oxygens (including phenoxy) is 1. The van der Waals surface area contributed by atoms with Gasteiger partial charge in [0, 0.05) is 7.11 Å². The van der Waals surface area contributed by atoms with Gasteiger partial charge in [0.1, 0.15) is 5.82 Å². The molecule has 1 rings (SSSR count). The molecule has 0 radical (unpaired) electrons. The zero-order valence-electron chi connectivity index (χ0n) is 12.1. The SMILES string of the molecule is COC(CNC(=O)NC(C)c1ccc(C)c(F)c1)C(=O)O. The van der Waals surface area contributed by atoms with Gasteiger partial charge in [-0.25, -0.2) is 14.0 Å². The molecule has 0 spiro atoms. The number of nitrogens with one attached hydrogen (secondary N) is 2. The minimum Gasteiger partial charge on any atom is -0.479 e. The number of aliphatic carboxylic acids is 1. The third kappa shape index (κ3) is 5.03. The molecule has 0 heterocycles. The number of methoxy groups -OCH3 is 1. The molecule has 1 aromatic rings. The van der Waals surface area contributed by atoms with E-state index in [0.29, 0.717) is 11.1 Å². The third-order valence-electron chi connectivity index (χ3n) is 3.05. The molecule has 0 aliphatic heterocycles. The van der Waals surface area contributed by atoms with Crippen molar-refractivity contribution in [3.8, 4) is 0 Å². The second-order valence-corrected chi connectivity index (χ2v) is 4.65. The number of benzene rings is 1. The lowest BCUT2D eigenvalue weighted by Gasteiger charge is -2.17. The average molecular weight is 298 g/mol. The number of carboxylic acid groups (broad SMARTS) is 1. The smallest absolute Gasteiger partial charge is 0.334 e. The van der Waals surface area contributed by atoms with Gasteiger partial charge in [-0.1, -0.05) is 12.1 Å².